The van der Waals surface area contributed by atoms with Crippen LogP contribution in [0.4, 0.5) is 4.39 Å². The number of nitrogens with zero attached hydrogens (tertiary/aromatic N) is 2. The molecule has 1 aromatic carbocycles. The summed E-state index contributed by atoms with van der Waals surface area (Å²) in [5.41, 5.74) is 1.07. The number of hydrogen-bond acceptors (Lipinski definition) is 3. The molecule has 0 saturated heterocycles. The molecule has 0 atom stereocenters. The molecule has 0 spiro atoms. The van der Waals surface area contributed by atoms with Crippen LogP contribution in [0.25, 0.3) is 0 Å². The van der Waals surface area contributed by atoms with Crippen molar-refractivity contribution in [2.24, 2.45) is 0 Å². The van der Waals surface area contributed by atoms with Gasteiger partial charge in [-0.15, -0.1) is 0 Å². The van der Waals surface area contributed by atoms with Gasteiger partial charge in [-0.05, 0) is 36.8 Å². The van der Waals surface area contributed by atoms with Crippen molar-refractivity contribution in [3.8, 4) is 5.75 Å². The van der Waals surface area contributed by atoms with E-state index in [0.29, 0.717) is 13.2 Å². The third kappa shape index (κ3) is 4.02. The van der Waals surface area contributed by atoms with Crippen LogP contribution in [-0.4, -0.2) is 36.0 Å². The van der Waals surface area contributed by atoms with Crippen LogP contribution in [-0.2, 0) is 0 Å². The van der Waals surface area contributed by atoms with Gasteiger partial charge in [0.2, 0.25) is 5.95 Å². The van der Waals surface area contributed by atoms with Crippen LogP contribution in [0.2, 0.25) is 0 Å². The largest absolute Gasteiger partial charge is 0.492 e. The number of likely N-dealkylation sites (N-methyl/N-ethyl adjacent to an activating group) is 1. The van der Waals surface area contributed by atoms with Crippen molar-refractivity contribution in [1.29, 1.82) is 0 Å². The van der Waals surface area contributed by atoms with Gasteiger partial charge < -0.3 is 9.64 Å². The molecule has 0 aliphatic carbocycles. The molecule has 0 N–H and O–H groups in total. The highest BCUT2D eigenvalue weighted by molar-refractivity contribution is 5.93. The summed E-state index contributed by atoms with van der Waals surface area (Å²) in [4.78, 5) is 16.9. The topological polar surface area (TPSA) is 42.4 Å². The van der Waals surface area contributed by atoms with Crippen molar-refractivity contribution in [1.82, 2.24) is 9.88 Å². The predicted octanol–water partition coefficient (Wildman–Crippen LogP) is 2.68. The first-order valence-electron chi connectivity index (χ1n) is 6.63. The zero-order chi connectivity index (χ0) is 15.2. The Bertz CT molecular complexity index is 631. The van der Waals surface area contributed by atoms with Gasteiger partial charge in [0, 0.05) is 13.2 Å². The van der Waals surface area contributed by atoms with Crippen molar-refractivity contribution < 1.29 is 13.9 Å². The average molecular weight is 288 g/mol. The number of halogens is 1. The lowest BCUT2D eigenvalue weighted by Gasteiger charge is -2.17. The minimum atomic E-state index is -0.756. The maximum atomic E-state index is 13.4. The molecule has 0 bridgehead atoms. The van der Waals surface area contributed by atoms with E-state index in [-0.39, 0.29) is 5.56 Å². The summed E-state index contributed by atoms with van der Waals surface area (Å²) in [6.07, 6.45) is 1.31. The standard InChI is InChI=1S/C16H17FN2O2/c1-12-5-3-6-13(11-12)21-10-9-19(2)16(20)14-7-4-8-18-15(14)17/h3-8,11H,9-10H2,1-2H3. The van der Waals surface area contributed by atoms with Gasteiger partial charge in [-0.3, -0.25) is 4.79 Å². The van der Waals surface area contributed by atoms with Gasteiger partial charge in [-0.25, -0.2) is 4.98 Å². The third-order valence-electron chi connectivity index (χ3n) is 3.02. The normalized spacial score (nSPS) is 10.2. The summed E-state index contributed by atoms with van der Waals surface area (Å²) in [7, 11) is 1.61. The molecule has 0 aliphatic heterocycles. The summed E-state index contributed by atoms with van der Waals surface area (Å²) in [6.45, 7) is 2.68. The lowest BCUT2D eigenvalue weighted by Crippen LogP contribution is -2.31. The minimum Gasteiger partial charge on any atom is -0.492 e. The molecule has 5 heteroatoms. The zero-order valence-electron chi connectivity index (χ0n) is 12.0. The SMILES string of the molecule is Cc1cccc(OCCN(C)C(=O)c2cccnc2F)c1. The Labute approximate surface area is 123 Å². The lowest BCUT2D eigenvalue weighted by molar-refractivity contribution is 0.0768. The quantitative estimate of drug-likeness (QED) is 0.794. The van der Waals surface area contributed by atoms with E-state index in [0.717, 1.165) is 11.3 Å². The Morgan fingerprint density at radius 2 is 2.14 bits per heavy atom. The second-order valence-corrected chi connectivity index (χ2v) is 4.73. The second-order valence-electron chi connectivity index (χ2n) is 4.73. The van der Waals surface area contributed by atoms with Gasteiger partial charge in [0.25, 0.3) is 5.91 Å². The van der Waals surface area contributed by atoms with Crippen LogP contribution < -0.4 is 4.74 Å². The molecule has 1 heterocycles. The number of carbonyl (C=O) groups excluding carboxylic acids is 1. The predicted molar refractivity (Wildman–Crippen MR) is 77.8 cm³/mol. The van der Waals surface area contributed by atoms with E-state index >= 15 is 0 Å². The molecule has 0 saturated carbocycles. The molecule has 0 aliphatic rings. The van der Waals surface area contributed by atoms with Crippen LogP contribution in [0.3, 0.4) is 0 Å². The van der Waals surface area contributed by atoms with Crippen molar-refractivity contribution in [2.45, 2.75) is 6.92 Å². The van der Waals surface area contributed by atoms with E-state index in [4.69, 9.17) is 4.74 Å². The summed E-state index contributed by atoms with van der Waals surface area (Å²) in [6, 6.07) is 10.6. The highest BCUT2D eigenvalue weighted by Crippen LogP contribution is 2.12. The number of amides is 1. The van der Waals surface area contributed by atoms with Crippen LogP contribution in [0, 0.1) is 12.9 Å². The molecule has 1 aromatic heterocycles. The molecular formula is C16H17FN2O2. The second kappa shape index (κ2) is 6.83. The molecule has 2 rings (SSSR count). The van der Waals surface area contributed by atoms with Gasteiger partial charge in [-0.1, -0.05) is 12.1 Å². The van der Waals surface area contributed by atoms with E-state index < -0.39 is 11.9 Å². The number of aromatic nitrogens is 1. The molecule has 1 amide bonds. The molecule has 0 radical (unpaired) electrons. The van der Waals surface area contributed by atoms with Gasteiger partial charge >= 0.3 is 0 Å². The summed E-state index contributed by atoms with van der Waals surface area (Å²) >= 11 is 0. The van der Waals surface area contributed by atoms with Crippen molar-refractivity contribution in [2.75, 3.05) is 20.2 Å². The summed E-state index contributed by atoms with van der Waals surface area (Å²) in [5.74, 6) is -0.411. The van der Waals surface area contributed by atoms with Gasteiger partial charge in [0.15, 0.2) is 0 Å². The summed E-state index contributed by atoms with van der Waals surface area (Å²) < 4.78 is 19.0. The van der Waals surface area contributed by atoms with Crippen LogP contribution in [0.15, 0.2) is 42.6 Å². The first kappa shape index (κ1) is 15.0. The smallest absolute Gasteiger partial charge is 0.258 e. The Morgan fingerprint density at radius 1 is 1.33 bits per heavy atom. The lowest BCUT2D eigenvalue weighted by atomic mass is 10.2. The van der Waals surface area contributed by atoms with Gasteiger partial charge in [0.1, 0.15) is 12.4 Å². The van der Waals surface area contributed by atoms with E-state index in [2.05, 4.69) is 4.98 Å². The fourth-order valence-electron chi connectivity index (χ4n) is 1.86. The van der Waals surface area contributed by atoms with Crippen LogP contribution in [0.5, 0.6) is 5.75 Å². The van der Waals surface area contributed by atoms with Crippen molar-refractivity contribution in [3.63, 3.8) is 0 Å². The maximum Gasteiger partial charge on any atom is 0.258 e. The maximum absolute atomic E-state index is 13.4. The fraction of sp³-hybridized carbons (Fsp3) is 0.250. The van der Waals surface area contributed by atoms with E-state index in [1.165, 1.54) is 23.2 Å². The summed E-state index contributed by atoms with van der Waals surface area (Å²) in [5, 5.41) is 0. The molecule has 0 unspecified atom stereocenters. The van der Waals surface area contributed by atoms with E-state index in [1.54, 1.807) is 7.05 Å². The number of carbonyl (C=O) groups is 1. The van der Waals surface area contributed by atoms with E-state index in [1.807, 2.05) is 31.2 Å². The van der Waals surface area contributed by atoms with Crippen molar-refractivity contribution >= 4 is 5.91 Å². The Balaban J connectivity index is 1.89. The fourth-order valence-corrected chi connectivity index (χ4v) is 1.86. The highest BCUT2D eigenvalue weighted by Gasteiger charge is 2.16. The molecular weight excluding hydrogens is 271 g/mol. The molecule has 110 valence electrons. The number of benzene rings is 1. The average Bonchev–Trinajstić information content (AvgIpc) is 2.47. The number of ether oxygens (including phenoxy) is 1. The Kier molecular flexibility index (Phi) is 4.87. The molecule has 4 nitrogen and oxygen atoms in total. The first-order valence-corrected chi connectivity index (χ1v) is 6.63. The van der Waals surface area contributed by atoms with Crippen LogP contribution >= 0.6 is 0 Å². The number of rotatable bonds is 5. The Morgan fingerprint density at radius 3 is 2.86 bits per heavy atom. The molecule has 21 heavy (non-hydrogen) atoms. The van der Waals surface area contributed by atoms with Gasteiger partial charge in [-0.2, -0.15) is 4.39 Å². The van der Waals surface area contributed by atoms with Crippen LogP contribution in [0.1, 0.15) is 15.9 Å². The molecule has 0 fully saturated rings. The minimum absolute atomic E-state index is 0.0319. The zero-order valence-corrected chi connectivity index (χ0v) is 12.0. The number of aryl methyl sites for hydroxylation is 1. The Hall–Kier alpha value is -2.43. The monoisotopic (exact) mass is 288 g/mol. The van der Waals surface area contributed by atoms with Crippen molar-refractivity contribution in [3.05, 3.63) is 59.7 Å². The van der Waals surface area contributed by atoms with Gasteiger partial charge in [0.05, 0.1) is 12.1 Å². The third-order valence-corrected chi connectivity index (χ3v) is 3.02. The number of hydrogen-bond donors (Lipinski definition) is 0. The van der Waals surface area contributed by atoms with E-state index in [9.17, 15) is 9.18 Å². The number of pyridine rings is 1. The molecule has 2 aromatic rings. The first-order chi connectivity index (χ1) is 10.1. The highest BCUT2D eigenvalue weighted by atomic mass is 19.1.